The van der Waals surface area contributed by atoms with E-state index in [-0.39, 0.29) is 17.9 Å². The molecule has 20 heavy (non-hydrogen) atoms. The van der Waals surface area contributed by atoms with Gasteiger partial charge in [0.05, 0.1) is 12.2 Å². The van der Waals surface area contributed by atoms with E-state index in [0.717, 1.165) is 6.42 Å². The molecule has 0 aromatic heterocycles. The van der Waals surface area contributed by atoms with E-state index in [2.05, 4.69) is 0 Å². The number of benzene rings is 1. The summed E-state index contributed by atoms with van der Waals surface area (Å²) in [5.74, 6) is -0.907. The van der Waals surface area contributed by atoms with Gasteiger partial charge in [0.15, 0.2) is 6.10 Å². The number of carbonyl (C=O) groups excluding carboxylic acids is 2. The highest BCUT2D eigenvalue weighted by Gasteiger charge is 2.23. The Bertz CT molecular complexity index is 488. The normalized spacial score (nSPS) is 11.7. The maximum atomic E-state index is 11.8. The maximum absolute atomic E-state index is 11.8. The van der Waals surface area contributed by atoms with Crippen molar-refractivity contribution < 1.29 is 19.1 Å². The molecule has 0 radical (unpaired) electrons. The first kappa shape index (κ1) is 15.8. The molecule has 6 nitrogen and oxygen atoms in total. The average molecular weight is 280 g/mol. The molecule has 1 amide bonds. The van der Waals surface area contributed by atoms with Gasteiger partial charge in [-0.3, -0.25) is 4.79 Å². The van der Waals surface area contributed by atoms with E-state index in [1.807, 2.05) is 6.92 Å². The van der Waals surface area contributed by atoms with Crippen LogP contribution < -0.4 is 16.2 Å². The average Bonchev–Trinajstić information content (AvgIpc) is 2.38. The van der Waals surface area contributed by atoms with Crippen LogP contribution in [0.5, 0.6) is 5.75 Å². The van der Waals surface area contributed by atoms with Crippen molar-refractivity contribution in [3.8, 4) is 5.75 Å². The predicted molar refractivity (Wildman–Crippen MR) is 75.3 cm³/mol. The van der Waals surface area contributed by atoms with Gasteiger partial charge in [0, 0.05) is 11.8 Å². The first-order valence-corrected chi connectivity index (χ1v) is 6.52. The third kappa shape index (κ3) is 4.15. The zero-order valence-electron chi connectivity index (χ0n) is 11.7. The molecule has 0 aliphatic heterocycles. The monoisotopic (exact) mass is 280 g/mol. The van der Waals surface area contributed by atoms with Crippen LogP contribution in [0, 0.1) is 0 Å². The Morgan fingerprint density at radius 3 is 2.55 bits per heavy atom. The third-order valence-corrected chi connectivity index (χ3v) is 2.64. The van der Waals surface area contributed by atoms with Crippen LogP contribution in [0.2, 0.25) is 0 Å². The fourth-order valence-corrected chi connectivity index (χ4v) is 1.72. The summed E-state index contributed by atoms with van der Waals surface area (Å²) in [5, 5.41) is 0. The van der Waals surface area contributed by atoms with Crippen LogP contribution >= 0.6 is 0 Å². The van der Waals surface area contributed by atoms with E-state index in [0.29, 0.717) is 12.1 Å². The molecule has 0 saturated heterocycles. The molecule has 6 heteroatoms. The van der Waals surface area contributed by atoms with Crippen LogP contribution in [-0.4, -0.2) is 24.6 Å². The smallest absolute Gasteiger partial charge is 0.347 e. The molecule has 0 heterocycles. The van der Waals surface area contributed by atoms with Gasteiger partial charge in [0.25, 0.3) is 5.91 Å². The Morgan fingerprint density at radius 1 is 1.30 bits per heavy atom. The number of primary amides is 1. The van der Waals surface area contributed by atoms with Crippen molar-refractivity contribution in [1.82, 2.24) is 0 Å². The number of carbonyl (C=O) groups is 2. The summed E-state index contributed by atoms with van der Waals surface area (Å²) >= 11 is 0. The lowest BCUT2D eigenvalue weighted by Gasteiger charge is -2.18. The van der Waals surface area contributed by atoms with Crippen LogP contribution in [0.25, 0.3) is 0 Å². The lowest BCUT2D eigenvalue weighted by atomic mass is 10.1. The van der Waals surface area contributed by atoms with E-state index in [1.165, 1.54) is 12.1 Å². The van der Waals surface area contributed by atoms with E-state index < -0.39 is 18.0 Å². The molecule has 1 aromatic carbocycles. The Balaban J connectivity index is 3.00. The van der Waals surface area contributed by atoms with E-state index >= 15 is 0 Å². The number of ether oxygens (including phenoxy) is 2. The second-order valence-corrected chi connectivity index (χ2v) is 4.27. The molecule has 0 aliphatic carbocycles. The van der Waals surface area contributed by atoms with Crippen molar-refractivity contribution in [3.05, 3.63) is 23.8 Å². The minimum atomic E-state index is -0.778. The number of hydrogen-bond donors (Lipinski definition) is 2. The van der Waals surface area contributed by atoms with Gasteiger partial charge in [-0.15, -0.1) is 0 Å². The lowest BCUT2D eigenvalue weighted by molar-refractivity contribution is -0.151. The Morgan fingerprint density at radius 2 is 2.00 bits per heavy atom. The van der Waals surface area contributed by atoms with Crippen molar-refractivity contribution in [1.29, 1.82) is 0 Å². The fourth-order valence-electron chi connectivity index (χ4n) is 1.72. The molecule has 0 aliphatic rings. The molecule has 0 bridgehead atoms. The van der Waals surface area contributed by atoms with Gasteiger partial charge in [-0.25, -0.2) is 4.79 Å². The number of anilines is 1. The van der Waals surface area contributed by atoms with Gasteiger partial charge in [-0.2, -0.15) is 0 Å². The molecule has 0 spiro atoms. The summed E-state index contributed by atoms with van der Waals surface area (Å²) in [5.41, 5.74) is 11.5. The summed E-state index contributed by atoms with van der Waals surface area (Å²) in [6.07, 6.45) is 0.434. The first-order valence-electron chi connectivity index (χ1n) is 6.52. The van der Waals surface area contributed by atoms with Gasteiger partial charge < -0.3 is 20.9 Å². The van der Waals surface area contributed by atoms with Gasteiger partial charge in [0.1, 0.15) is 5.75 Å². The lowest BCUT2D eigenvalue weighted by Crippen LogP contribution is -2.30. The molecule has 0 fully saturated rings. The van der Waals surface area contributed by atoms with Crippen LogP contribution in [-0.2, 0) is 9.53 Å². The Kier molecular flexibility index (Phi) is 5.83. The predicted octanol–water partition coefficient (Wildman–Crippen LogP) is 1.48. The van der Waals surface area contributed by atoms with E-state index in [4.69, 9.17) is 20.9 Å². The molecule has 1 atom stereocenters. The summed E-state index contributed by atoms with van der Waals surface area (Å²) in [7, 11) is 0. The molecule has 110 valence electrons. The number of hydrogen-bond acceptors (Lipinski definition) is 5. The highest BCUT2D eigenvalue weighted by Crippen LogP contribution is 2.24. The Labute approximate surface area is 118 Å². The van der Waals surface area contributed by atoms with E-state index in [1.54, 1.807) is 13.0 Å². The standard InChI is InChI=1S/C14H20N2O4/c1-3-5-11(14(18)19-4-2)20-12-8-9(15)6-7-10(12)13(16)17/h6-8,11H,3-5,15H2,1-2H3,(H2,16,17). The zero-order chi connectivity index (χ0) is 15.1. The molecule has 1 aromatic rings. The van der Waals surface area contributed by atoms with Gasteiger partial charge in [0.2, 0.25) is 0 Å². The number of rotatable bonds is 7. The summed E-state index contributed by atoms with van der Waals surface area (Å²) in [6, 6.07) is 4.50. The van der Waals surface area contributed by atoms with Crippen LogP contribution in [0.3, 0.4) is 0 Å². The van der Waals surface area contributed by atoms with Crippen molar-refractivity contribution in [2.45, 2.75) is 32.8 Å². The molecular formula is C14H20N2O4. The number of nitrogens with two attached hydrogens (primary N) is 2. The molecule has 1 rings (SSSR count). The number of esters is 1. The summed E-state index contributed by atoms with van der Waals surface area (Å²) in [6.45, 7) is 3.90. The highest BCUT2D eigenvalue weighted by atomic mass is 16.6. The molecular weight excluding hydrogens is 260 g/mol. The van der Waals surface area contributed by atoms with Crippen molar-refractivity contribution in [3.63, 3.8) is 0 Å². The quantitative estimate of drug-likeness (QED) is 0.581. The van der Waals surface area contributed by atoms with Crippen molar-refractivity contribution in [2.24, 2.45) is 5.73 Å². The highest BCUT2D eigenvalue weighted by molar-refractivity contribution is 5.96. The minimum absolute atomic E-state index is 0.185. The second-order valence-electron chi connectivity index (χ2n) is 4.27. The van der Waals surface area contributed by atoms with E-state index in [9.17, 15) is 9.59 Å². The maximum Gasteiger partial charge on any atom is 0.347 e. The largest absolute Gasteiger partial charge is 0.478 e. The molecule has 1 unspecified atom stereocenters. The first-order chi connectivity index (χ1) is 9.49. The second kappa shape index (κ2) is 7.37. The van der Waals surface area contributed by atoms with Crippen molar-refractivity contribution in [2.75, 3.05) is 12.3 Å². The van der Waals surface area contributed by atoms with Crippen LogP contribution in [0.15, 0.2) is 18.2 Å². The number of nitrogen functional groups attached to an aromatic ring is 1. The van der Waals surface area contributed by atoms with Crippen LogP contribution in [0.4, 0.5) is 5.69 Å². The minimum Gasteiger partial charge on any atom is -0.478 e. The number of amides is 1. The van der Waals surface area contributed by atoms with Gasteiger partial charge >= 0.3 is 5.97 Å². The molecule has 0 saturated carbocycles. The zero-order valence-corrected chi connectivity index (χ0v) is 11.7. The Hall–Kier alpha value is -2.24. The fraction of sp³-hybridized carbons (Fsp3) is 0.429. The SMILES string of the molecule is CCCC(Oc1cc(N)ccc1C(N)=O)C(=O)OCC. The van der Waals surface area contributed by atoms with Crippen molar-refractivity contribution >= 4 is 17.6 Å². The molecule has 4 N–H and O–H groups in total. The third-order valence-electron chi connectivity index (χ3n) is 2.64. The summed E-state index contributed by atoms with van der Waals surface area (Å²) < 4.78 is 10.5. The van der Waals surface area contributed by atoms with Gasteiger partial charge in [-0.05, 0) is 25.5 Å². The van der Waals surface area contributed by atoms with Crippen LogP contribution in [0.1, 0.15) is 37.0 Å². The van der Waals surface area contributed by atoms with Gasteiger partial charge in [-0.1, -0.05) is 13.3 Å². The topological polar surface area (TPSA) is 105 Å². The summed E-state index contributed by atoms with van der Waals surface area (Å²) in [4.78, 5) is 23.2.